The molecule has 11 heteroatoms. The molecule has 4 rings (SSSR count). The van der Waals surface area contributed by atoms with E-state index in [0.29, 0.717) is 47.1 Å². The van der Waals surface area contributed by atoms with Crippen molar-refractivity contribution < 1.29 is 22.4 Å². The minimum absolute atomic E-state index is 0.0181. The predicted octanol–water partition coefficient (Wildman–Crippen LogP) is 2.97. The number of rotatable bonds is 7. The third-order valence-electron chi connectivity index (χ3n) is 5.45. The molecule has 0 atom stereocenters. The number of nitrogens with zero attached hydrogens (tertiary/aromatic N) is 3. The van der Waals surface area contributed by atoms with Crippen molar-refractivity contribution in [2.24, 2.45) is 0 Å². The summed E-state index contributed by atoms with van der Waals surface area (Å²) in [5.41, 5.74) is 0.924. The molecule has 0 bridgehead atoms. The number of piperazine rings is 1. The molecule has 0 radical (unpaired) electrons. The topological polar surface area (TPSA) is 99.7 Å². The first-order valence-electron chi connectivity index (χ1n) is 10.4. The van der Waals surface area contributed by atoms with Crippen LogP contribution in [0.25, 0.3) is 10.2 Å². The lowest BCUT2D eigenvalue weighted by atomic mass is 10.1. The van der Waals surface area contributed by atoms with E-state index in [2.05, 4.69) is 15.2 Å². The Morgan fingerprint density at radius 2 is 1.76 bits per heavy atom. The van der Waals surface area contributed by atoms with Crippen LogP contribution in [-0.4, -0.2) is 67.5 Å². The van der Waals surface area contributed by atoms with Crippen LogP contribution in [-0.2, 0) is 14.8 Å². The Labute approximate surface area is 195 Å². The van der Waals surface area contributed by atoms with Crippen molar-refractivity contribution in [1.29, 1.82) is 0 Å². The normalized spacial score (nSPS) is 15.6. The summed E-state index contributed by atoms with van der Waals surface area (Å²) in [5.74, 6) is -1.07. The number of fused-ring (bicyclic) bond motifs is 1. The van der Waals surface area contributed by atoms with Crippen LogP contribution < -0.4 is 5.32 Å². The third kappa shape index (κ3) is 5.44. The smallest absolute Gasteiger partial charge is 0.243 e. The summed E-state index contributed by atoms with van der Waals surface area (Å²) in [7, 11) is -1.64. The summed E-state index contributed by atoms with van der Waals surface area (Å²) in [4.78, 5) is 31.1. The van der Waals surface area contributed by atoms with E-state index in [1.165, 1.54) is 46.0 Å². The molecular formula is C22H23FN4O4S2. The highest BCUT2D eigenvalue weighted by atomic mass is 32.2. The maximum Gasteiger partial charge on any atom is 0.243 e. The molecular weight excluding hydrogens is 467 g/mol. The molecule has 1 aliphatic heterocycles. The van der Waals surface area contributed by atoms with Gasteiger partial charge in [0.2, 0.25) is 15.9 Å². The summed E-state index contributed by atoms with van der Waals surface area (Å²) in [6.07, 6.45) is -0.0645. The Bertz CT molecular complexity index is 1280. The van der Waals surface area contributed by atoms with Crippen LogP contribution in [0, 0.1) is 5.82 Å². The first kappa shape index (κ1) is 23.4. The number of carbonyl (C=O) groups excluding carboxylic acids is 2. The molecule has 8 nitrogen and oxygen atoms in total. The van der Waals surface area contributed by atoms with Crippen LogP contribution in [0.15, 0.2) is 47.4 Å². The van der Waals surface area contributed by atoms with Gasteiger partial charge in [-0.1, -0.05) is 11.3 Å². The molecule has 1 saturated heterocycles. The highest BCUT2D eigenvalue weighted by Gasteiger charge is 2.28. The molecule has 0 unspecified atom stereocenters. The Kier molecular flexibility index (Phi) is 6.84. The number of nitrogens with one attached hydrogen (secondary N) is 1. The van der Waals surface area contributed by atoms with Gasteiger partial charge in [0.25, 0.3) is 0 Å². The second kappa shape index (κ2) is 9.64. The van der Waals surface area contributed by atoms with E-state index in [1.807, 2.05) is 7.05 Å². The lowest BCUT2D eigenvalue weighted by molar-refractivity contribution is -0.116. The van der Waals surface area contributed by atoms with E-state index in [0.717, 1.165) is 0 Å². The Morgan fingerprint density at radius 3 is 2.45 bits per heavy atom. The number of Topliss-reactive ketones (excluding diaryl/α,β-unsaturated/α-hetero) is 1. The highest BCUT2D eigenvalue weighted by molar-refractivity contribution is 7.89. The van der Waals surface area contributed by atoms with Gasteiger partial charge in [-0.15, -0.1) is 0 Å². The molecule has 2 aromatic carbocycles. The minimum atomic E-state index is -3.60. The predicted molar refractivity (Wildman–Crippen MR) is 124 cm³/mol. The number of benzene rings is 2. The SMILES string of the molecule is CN1CCN(S(=O)(=O)c2ccc3nc(NC(=O)CCC(=O)c4ccc(F)cc4)sc3c2)CC1. The molecule has 0 spiro atoms. The van der Waals surface area contributed by atoms with Crippen LogP contribution in [0.5, 0.6) is 0 Å². The number of hydrogen-bond acceptors (Lipinski definition) is 7. The second-order valence-corrected chi connectivity index (χ2v) is 10.8. The highest BCUT2D eigenvalue weighted by Crippen LogP contribution is 2.29. The minimum Gasteiger partial charge on any atom is -0.304 e. The van der Waals surface area contributed by atoms with Crippen LogP contribution in [0.4, 0.5) is 9.52 Å². The molecule has 1 amide bonds. The largest absolute Gasteiger partial charge is 0.304 e. The van der Waals surface area contributed by atoms with Crippen molar-refractivity contribution in [3.63, 3.8) is 0 Å². The number of aromatic nitrogens is 1. The lowest BCUT2D eigenvalue weighted by Gasteiger charge is -2.31. The van der Waals surface area contributed by atoms with E-state index in [9.17, 15) is 22.4 Å². The van der Waals surface area contributed by atoms with Crippen molar-refractivity contribution >= 4 is 48.4 Å². The Morgan fingerprint density at radius 1 is 1.06 bits per heavy atom. The van der Waals surface area contributed by atoms with E-state index in [-0.39, 0.29) is 29.4 Å². The molecule has 1 aromatic heterocycles. The van der Waals surface area contributed by atoms with Crippen molar-refractivity contribution in [1.82, 2.24) is 14.2 Å². The number of carbonyl (C=O) groups is 2. The van der Waals surface area contributed by atoms with E-state index >= 15 is 0 Å². The van der Waals surface area contributed by atoms with Gasteiger partial charge in [-0.2, -0.15) is 4.31 Å². The van der Waals surface area contributed by atoms with Gasteiger partial charge in [-0.05, 0) is 49.5 Å². The monoisotopic (exact) mass is 490 g/mol. The Hall–Kier alpha value is -2.73. The van der Waals surface area contributed by atoms with E-state index in [4.69, 9.17) is 0 Å². The summed E-state index contributed by atoms with van der Waals surface area (Å²) < 4.78 is 41.1. The average Bonchev–Trinajstić information content (AvgIpc) is 3.19. The van der Waals surface area contributed by atoms with E-state index in [1.54, 1.807) is 12.1 Å². The van der Waals surface area contributed by atoms with Gasteiger partial charge in [0, 0.05) is 44.6 Å². The van der Waals surface area contributed by atoms with Crippen LogP contribution in [0.1, 0.15) is 23.2 Å². The molecule has 0 saturated carbocycles. The maximum absolute atomic E-state index is 13.0. The van der Waals surface area contributed by atoms with Crippen molar-refractivity contribution in [3.05, 3.63) is 53.8 Å². The summed E-state index contributed by atoms with van der Waals surface area (Å²) >= 11 is 1.17. The van der Waals surface area contributed by atoms with Gasteiger partial charge in [-0.25, -0.2) is 17.8 Å². The molecule has 2 heterocycles. The standard InChI is InChI=1S/C22H23FN4O4S2/c1-26-10-12-27(13-11-26)33(30,31)17-6-7-18-20(14-17)32-22(24-18)25-21(29)9-8-19(28)15-2-4-16(23)5-3-15/h2-7,14H,8-13H2,1H3,(H,24,25,29). The van der Waals surface area contributed by atoms with Crippen LogP contribution in [0.2, 0.25) is 0 Å². The lowest BCUT2D eigenvalue weighted by Crippen LogP contribution is -2.46. The number of halogens is 1. The zero-order valence-corrected chi connectivity index (χ0v) is 19.6. The van der Waals surface area contributed by atoms with Gasteiger partial charge >= 0.3 is 0 Å². The molecule has 33 heavy (non-hydrogen) atoms. The molecule has 3 aromatic rings. The van der Waals surface area contributed by atoms with Crippen molar-refractivity contribution in [2.75, 3.05) is 38.5 Å². The maximum atomic E-state index is 13.0. The fourth-order valence-electron chi connectivity index (χ4n) is 3.49. The number of thiazole rings is 1. The number of likely N-dealkylation sites (N-methyl/N-ethyl adjacent to an activating group) is 1. The molecule has 1 fully saturated rings. The Balaban J connectivity index is 1.40. The summed E-state index contributed by atoms with van der Waals surface area (Å²) in [6.45, 7) is 2.25. The zero-order chi connectivity index (χ0) is 23.6. The van der Waals surface area contributed by atoms with E-state index < -0.39 is 15.8 Å². The van der Waals surface area contributed by atoms with Crippen LogP contribution in [0.3, 0.4) is 0 Å². The number of amides is 1. The molecule has 1 aliphatic rings. The number of anilines is 1. The zero-order valence-electron chi connectivity index (χ0n) is 18.0. The fraction of sp³-hybridized carbons (Fsp3) is 0.318. The summed E-state index contributed by atoms with van der Waals surface area (Å²) in [5, 5.41) is 3.00. The average molecular weight is 491 g/mol. The van der Waals surface area contributed by atoms with Crippen molar-refractivity contribution in [3.8, 4) is 0 Å². The molecule has 0 aliphatic carbocycles. The molecule has 174 valence electrons. The fourth-order valence-corrected chi connectivity index (χ4v) is 5.93. The third-order valence-corrected chi connectivity index (χ3v) is 8.28. The first-order valence-corrected chi connectivity index (χ1v) is 12.7. The number of sulfonamides is 1. The van der Waals surface area contributed by atoms with Gasteiger partial charge in [-0.3, -0.25) is 9.59 Å². The van der Waals surface area contributed by atoms with Gasteiger partial charge in [0.15, 0.2) is 10.9 Å². The van der Waals surface area contributed by atoms with Gasteiger partial charge < -0.3 is 10.2 Å². The first-order chi connectivity index (χ1) is 15.7. The van der Waals surface area contributed by atoms with Gasteiger partial charge in [0.05, 0.1) is 15.1 Å². The number of ketones is 1. The summed E-state index contributed by atoms with van der Waals surface area (Å²) in [6, 6.07) is 9.91. The van der Waals surface area contributed by atoms with Crippen molar-refractivity contribution in [2.45, 2.75) is 17.7 Å². The second-order valence-electron chi connectivity index (χ2n) is 7.83. The number of hydrogen-bond donors (Lipinski definition) is 1. The molecule has 1 N–H and O–H groups in total. The van der Waals surface area contributed by atoms with Crippen LogP contribution >= 0.6 is 11.3 Å². The quantitative estimate of drug-likeness (QED) is 0.511. The van der Waals surface area contributed by atoms with Gasteiger partial charge in [0.1, 0.15) is 5.82 Å².